The minimum Gasteiger partial charge on any atom is -0.494 e. The van der Waals surface area contributed by atoms with Crippen LogP contribution in [-0.4, -0.2) is 55.7 Å². The molecule has 1 amide bonds. The number of rotatable bonds is 6. The number of para-hydroxylation sites is 1. The Kier molecular flexibility index (Phi) is 5.97. The highest BCUT2D eigenvalue weighted by atomic mass is 35.5. The molecule has 0 radical (unpaired) electrons. The molecule has 8 N–H and O–H groups in total. The number of methoxy groups -OCH3 is 1. The number of nitrogens with two attached hydrogens (primary N) is 1. The summed E-state index contributed by atoms with van der Waals surface area (Å²) in [6, 6.07) is 5.88. The van der Waals surface area contributed by atoms with Crippen LogP contribution < -0.4 is 21.1 Å². The molecule has 1 aromatic heterocycles. The van der Waals surface area contributed by atoms with Crippen LogP contribution in [0.5, 0.6) is 5.75 Å². The number of amidine groups is 1. The number of hydrogen-bond acceptors (Lipinski definition) is 10. The quantitative estimate of drug-likeness (QED) is 0.107. The molecule has 0 fully saturated rings. The summed E-state index contributed by atoms with van der Waals surface area (Å²) in [5.41, 5.74) is 5.71. The predicted octanol–water partition coefficient (Wildman–Crippen LogP) is -0.705. The summed E-state index contributed by atoms with van der Waals surface area (Å²) >= 11 is 5.80. The van der Waals surface area contributed by atoms with Gasteiger partial charge < -0.3 is 36.3 Å². The third-order valence-corrected chi connectivity index (χ3v) is 3.32. The first-order valence-electron chi connectivity index (χ1n) is 7.11. The molecule has 1 aromatic carbocycles. The van der Waals surface area contributed by atoms with Crippen molar-refractivity contribution in [2.45, 2.75) is 6.10 Å². The topological polar surface area (TPSA) is 195 Å². The lowest BCUT2D eigenvalue weighted by Crippen LogP contribution is -2.48. The molecule has 0 aliphatic carbocycles. The van der Waals surface area contributed by atoms with E-state index in [1.54, 1.807) is 12.1 Å². The second-order valence-corrected chi connectivity index (χ2v) is 5.40. The van der Waals surface area contributed by atoms with Gasteiger partial charge in [0.1, 0.15) is 0 Å². The van der Waals surface area contributed by atoms with Gasteiger partial charge >= 0.3 is 6.10 Å². The van der Waals surface area contributed by atoms with Gasteiger partial charge in [-0.25, -0.2) is 0 Å². The van der Waals surface area contributed by atoms with Crippen molar-refractivity contribution in [2.75, 3.05) is 12.4 Å². The number of oxime groups is 1. The van der Waals surface area contributed by atoms with E-state index in [2.05, 4.69) is 20.7 Å². The first kappa shape index (κ1) is 20.1. The fourth-order valence-corrected chi connectivity index (χ4v) is 2.25. The third kappa shape index (κ3) is 4.92. The predicted molar refractivity (Wildman–Crippen MR) is 92.7 cm³/mol. The Morgan fingerprint density at radius 3 is 2.59 bits per heavy atom. The molecular formula is C14H15ClN6O6. The van der Waals surface area contributed by atoms with E-state index in [0.717, 1.165) is 0 Å². The number of nitrogens with zero attached hydrogens (tertiary/aromatic N) is 3. The van der Waals surface area contributed by atoms with Crippen LogP contribution in [0.4, 0.5) is 11.4 Å². The zero-order valence-electron chi connectivity index (χ0n) is 13.7. The summed E-state index contributed by atoms with van der Waals surface area (Å²) in [6.07, 6.45) is -3.46. The molecule has 12 nitrogen and oxygen atoms in total. The number of halogens is 1. The summed E-state index contributed by atoms with van der Waals surface area (Å²) < 4.78 is 5.26. The number of hydrogen-bond donors (Lipinski definition) is 7. The zero-order valence-corrected chi connectivity index (χ0v) is 14.5. The molecule has 0 unspecified atom stereocenters. The lowest BCUT2D eigenvalue weighted by molar-refractivity contribution is -0.323. The van der Waals surface area contributed by atoms with Gasteiger partial charge in [0.15, 0.2) is 22.4 Å². The first-order valence-corrected chi connectivity index (χ1v) is 7.49. The maximum Gasteiger partial charge on any atom is 0.369 e. The Bertz CT molecular complexity index is 885. The van der Waals surface area contributed by atoms with Crippen LogP contribution in [0.2, 0.25) is 5.15 Å². The van der Waals surface area contributed by atoms with Crippen molar-refractivity contribution in [3.63, 3.8) is 0 Å². The molecule has 0 spiro atoms. The molecule has 2 aromatic rings. The lowest BCUT2D eigenvalue weighted by atomic mass is 10.1. The summed E-state index contributed by atoms with van der Waals surface area (Å²) in [7, 11) is 1.34. The molecule has 0 bridgehead atoms. The molecule has 13 heteroatoms. The molecule has 0 aliphatic rings. The van der Waals surface area contributed by atoms with Gasteiger partial charge in [-0.2, -0.15) is 0 Å². The first-order chi connectivity index (χ1) is 12.7. The highest BCUT2D eigenvalue weighted by Gasteiger charge is 2.26. The summed E-state index contributed by atoms with van der Waals surface area (Å²) in [6.45, 7) is 0. The second-order valence-electron chi connectivity index (χ2n) is 5.02. The average Bonchev–Trinajstić information content (AvgIpc) is 2.59. The Labute approximate surface area is 156 Å². The van der Waals surface area contributed by atoms with E-state index in [4.69, 9.17) is 42.6 Å². The largest absolute Gasteiger partial charge is 0.494 e. The smallest absolute Gasteiger partial charge is 0.369 e. The van der Waals surface area contributed by atoms with Gasteiger partial charge in [0, 0.05) is 6.07 Å². The number of aliphatic hydroxyl groups is 3. The molecule has 144 valence electrons. The Balaban J connectivity index is 2.49. The van der Waals surface area contributed by atoms with Gasteiger partial charge in [-0.15, -0.1) is 10.2 Å². The normalized spacial score (nSPS) is 11.8. The number of aromatic nitrogens is 2. The lowest BCUT2D eigenvalue weighted by Gasteiger charge is -2.18. The monoisotopic (exact) mass is 398 g/mol. The molecule has 27 heavy (non-hydrogen) atoms. The van der Waals surface area contributed by atoms with Gasteiger partial charge in [0.25, 0.3) is 5.91 Å². The summed E-state index contributed by atoms with van der Waals surface area (Å²) in [4.78, 5) is 12.1. The van der Waals surface area contributed by atoms with Gasteiger partial charge in [-0.05, 0) is 12.1 Å². The van der Waals surface area contributed by atoms with E-state index in [1.165, 1.54) is 24.6 Å². The van der Waals surface area contributed by atoms with E-state index in [9.17, 15) is 4.79 Å². The van der Waals surface area contributed by atoms with Crippen molar-refractivity contribution in [2.24, 2.45) is 10.9 Å². The zero-order chi connectivity index (χ0) is 20.2. The number of benzene rings is 1. The Hall–Kier alpha value is -3.19. The van der Waals surface area contributed by atoms with Crippen molar-refractivity contribution in [1.82, 2.24) is 15.5 Å². The second kappa shape index (κ2) is 8.01. The van der Waals surface area contributed by atoms with E-state index < -0.39 is 17.7 Å². The van der Waals surface area contributed by atoms with E-state index >= 15 is 0 Å². The van der Waals surface area contributed by atoms with E-state index in [1.807, 2.05) is 0 Å². The fourth-order valence-electron chi connectivity index (χ4n) is 2.10. The molecule has 1 heterocycles. The number of nitrogens with one attached hydrogen (secondary N) is 2. The maximum absolute atomic E-state index is 12.1. The Morgan fingerprint density at radius 2 is 2.00 bits per heavy atom. The van der Waals surface area contributed by atoms with Crippen LogP contribution in [0, 0.1) is 0 Å². The summed E-state index contributed by atoms with van der Waals surface area (Å²) in [5.74, 6) is -1.21. The molecule has 0 aliphatic heterocycles. The fraction of sp³-hybridized carbons (Fsp3) is 0.143. The van der Waals surface area contributed by atoms with Crippen molar-refractivity contribution >= 4 is 34.7 Å². The molecule has 0 saturated carbocycles. The van der Waals surface area contributed by atoms with Crippen LogP contribution in [0.25, 0.3) is 0 Å². The van der Waals surface area contributed by atoms with Gasteiger partial charge in [-0.1, -0.05) is 22.8 Å². The van der Waals surface area contributed by atoms with E-state index in [-0.39, 0.29) is 33.7 Å². The van der Waals surface area contributed by atoms with Crippen LogP contribution in [0.3, 0.4) is 0 Å². The summed E-state index contributed by atoms with van der Waals surface area (Å²) in [5, 5.41) is 49.8. The van der Waals surface area contributed by atoms with Crippen molar-refractivity contribution in [1.29, 1.82) is 0 Å². The van der Waals surface area contributed by atoms with Gasteiger partial charge in [0.2, 0.25) is 0 Å². The van der Waals surface area contributed by atoms with Crippen LogP contribution in [0.15, 0.2) is 29.4 Å². The number of amides is 1. The molecule has 0 atom stereocenters. The number of carbonyl (C=O) groups excluding carboxylic acids is 1. The number of carbonyl (C=O) groups is 1. The SMILES string of the molecule is COc1c(Nc2cc(Cl)nnc2C(=O)NC(O)(O)O)cccc1C(N)=NO. The minimum absolute atomic E-state index is 0.00768. The third-order valence-electron chi connectivity index (χ3n) is 3.13. The number of anilines is 2. The minimum atomic E-state index is -3.46. The molecular weight excluding hydrogens is 384 g/mol. The van der Waals surface area contributed by atoms with Crippen molar-refractivity contribution in [3.8, 4) is 5.75 Å². The van der Waals surface area contributed by atoms with Crippen molar-refractivity contribution in [3.05, 3.63) is 40.7 Å². The van der Waals surface area contributed by atoms with Crippen LogP contribution >= 0.6 is 11.6 Å². The van der Waals surface area contributed by atoms with Gasteiger partial charge in [-0.3, -0.25) is 10.1 Å². The Morgan fingerprint density at radius 1 is 1.30 bits per heavy atom. The standard InChI is InChI=1S/C14H15ClN6O6/c1-27-11-6(12(16)21-26)3-2-4-7(11)17-8-5-9(15)19-20-10(8)13(22)18-14(23,24)25/h2-5,23-26H,1H3,(H2,16,21)(H,17,19)(H,18,22). The average molecular weight is 399 g/mol. The molecule has 0 saturated heterocycles. The highest BCUT2D eigenvalue weighted by molar-refractivity contribution is 6.29. The van der Waals surface area contributed by atoms with Crippen LogP contribution in [-0.2, 0) is 0 Å². The number of ether oxygens (including phenoxy) is 1. The molecule has 2 rings (SSSR count). The highest BCUT2D eigenvalue weighted by Crippen LogP contribution is 2.32. The maximum atomic E-state index is 12.1. The van der Waals surface area contributed by atoms with Gasteiger partial charge in [0.05, 0.1) is 24.0 Å². The van der Waals surface area contributed by atoms with E-state index in [0.29, 0.717) is 0 Å². The van der Waals surface area contributed by atoms with Crippen LogP contribution in [0.1, 0.15) is 16.1 Å². The van der Waals surface area contributed by atoms with Crippen molar-refractivity contribution < 1.29 is 30.1 Å².